The van der Waals surface area contributed by atoms with Crippen LogP contribution in [0.3, 0.4) is 0 Å². The minimum atomic E-state index is -0.798. The van der Waals surface area contributed by atoms with Gasteiger partial charge in [-0.2, -0.15) is 0 Å². The Morgan fingerprint density at radius 1 is 1.47 bits per heavy atom. The number of likely N-dealkylation sites (tertiary alicyclic amines) is 1. The van der Waals surface area contributed by atoms with E-state index in [4.69, 9.17) is 5.73 Å². The van der Waals surface area contributed by atoms with E-state index >= 15 is 0 Å². The normalized spacial score (nSPS) is 22.9. The highest BCUT2D eigenvalue weighted by Crippen LogP contribution is 2.30. The van der Waals surface area contributed by atoms with E-state index in [0.29, 0.717) is 18.2 Å². The predicted octanol–water partition coefficient (Wildman–Crippen LogP) is 2.45. The number of benzene rings is 1. The summed E-state index contributed by atoms with van der Waals surface area (Å²) in [6.07, 6.45) is 2.18. The van der Waals surface area contributed by atoms with Gasteiger partial charge in [0.2, 0.25) is 0 Å². The van der Waals surface area contributed by atoms with Gasteiger partial charge in [0.15, 0.2) is 11.6 Å². The topological polar surface area (TPSA) is 29.3 Å². The highest BCUT2D eigenvalue weighted by molar-refractivity contribution is 5.23. The van der Waals surface area contributed by atoms with E-state index in [-0.39, 0.29) is 6.04 Å². The molecule has 4 heteroatoms. The summed E-state index contributed by atoms with van der Waals surface area (Å²) in [4.78, 5) is 2.16. The van der Waals surface area contributed by atoms with Crippen molar-refractivity contribution in [2.45, 2.75) is 31.8 Å². The highest BCUT2D eigenvalue weighted by atomic mass is 19.2. The standard InChI is InChI=1S/C13H18F2N2/c1-9-4-3-7-17(9)12(8-16)10-5-2-6-11(14)13(10)15/h2,5-6,9,12H,3-4,7-8,16H2,1H3. The summed E-state index contributed by atoms with van der Waals surface area (Å²) >= 11 is 0. The fraction of sp³-hybridized carbons (Fsp3) is 0.538. The fourth-order valence-electron chi connectivity index (χ4n) is 2.64. The monoisotopic (exact) mass is 240 g/mol. The summed E-state index contributed by atoms with van der Waals surface area (Å²) in [5, 5.41) is 0. The van der Waals surface area contributed by atoms with E-state index in [1.165, 1.54) is 6.07 Å². The predicted molar refractivity (Wildman–Crippen MR) is 63.6 cm³/mol. The van der Waals surface area contributed by atoms with Crippen LogP contribution in [0.15, 0.2) is 18.2 Å². The summed E-state index contributed by atoms with van der Waals surface area (Å²) < 4.78 is 27.0. The molecule has 1 fully saturated rings. The summed E-state index contributed by atoms with van der Waals surface area (Å²) in [5.41, 5.74) is 6.11. The lowest BCUT2D eigenvalue weighted by Gasteiger charge is -2.31. The second-order valence-corrected chi connectivity index (χ2v) is 4.62. The molecule has 1 aliphatic heterocycles. The molecule has 1 saturated heterocycles. The van der Waals surface area contributed by atoms with Crippen molar-refractivity contribution < 1.29 is 8.78 Å². The number of halogens is 2. The Morgan fingerprint density at radius 2 is 2.24 bits per heavy atom. The zero-order valence-corrected chi connectivity index (χ0v) is 10.00. The van der Waals surface area contributed by atoms with Gasteiger partial charge in [0.05, 0.1) is 6.04 Å². The SMILES string of the molecule is CC1CCCN1C(CN)c1cccc(F)c1F. The average molecular weight is 240 g/mol. The molecule has 1 aromatic carbocycles. The minimum absolute atomic E-state index is 0.219. The maximum atomic E-state index is 13.8. The molecule has 0 radical (unpaired) electrons. The van der Waals surface area contributed by atoms with Crippen molar-refractivity contribution in [1.82, 2.24) is 4.90 Å². The third-order valence-electron chi connectivity index (χ3n) is 3.57. The van der Waals surface area contributed by atoms with Crippen LogP contribution in [0.25, 0.3) is 0 Å². The van der Waals surface area contributed by atoms with Crippen molar-refractivity contribution in [2.24, 2.45) is 5.73 Å². The molecule has 0 aliphatic carbocycles. The lowest BCUT2D eigenvalue weighted by Crippen LogP contribution is -2.36. The van der Waals surface area contributed by atoms with E-state index < -0.39 is 11.6 Å². The van der Waals surface area contributed by atoms with Gasteiger partial charge in [-0.3, -0.25) is 4.90 Å². The molecule has 2 atom stereocenters. The average Bonchev–Trinajstić information content (AvgIpc) is 2.72. The summed E-state index contributed by atoms with van der Waals surface area (Å²) in [7, 11) is 0. The molecule has 0 spiro atoms. The molecule has 0 saturated carbocycles. The van der Waals surface area contributed by atoms with Crippen LogP contribution in [-0.4, -0.2) is 24.0 Å². The van der Waals surface area contributed by atoms with Crippen molar-refractivity contribution in [3.05, 3.63) is 35.4 Å². The quantitative estimate of drug-likeness (QED) is 0.879. The summed E-state index contributed by atoms with van der Waals surface area (Å²) in [6.45, 7) is 3.32. The van der Waals surface area contributed by atoms with E-state index in [1.54, 1.807) is 6.07 Å². The van der Waals surface area contributed by atoms with Gasteiger partial charge < -0.3 is 5.73 Å². The number of hydrogen-bond acceptors (Lipinski definition) is 2. The molecule has 17 heavy (non-hydrogen) atoms. The van der Waals surface area contributed by atoms with E-state index in [2.05, 4.69) is 11.8 Å². The molecule has 0 aromatic heterocycles. The molecule has 1 heterocycles. The van der Waals surface area contributed by atoms with Crippen LogP contribution in [0.5, 0.6) is 0 Å². The van der Waals surface area contributed by atoms with Crippen LogP contribution in [-0.2, 0) is 0 Å². The Kier molecular flexibility index (Phi) is 3.74. The Labute approximate surface area is 100 Å². The molecule has 0 bridgehead atoms. The molecular weight excluding hydrogens is 222 g/mol. The van der Waals surface area contributed by atoms with Crippen molar-refractivity contribution in [3.63, 3.8) is 0 Å². The summed E-state index contributed by atoms with van der Waals surface area (Å²) in [5.74, 6) is -1.56. The van der Waals surface area contributed by atoms with E-state index in [1.807, 2.05) is 0 Å². The molecular formula is C13H18F2N2. The Balaban J connectivity index is 2.31. The van der Waals surface area contributed by atoms with Crippen molar-refractivity contribution in [3.8, 4) is 0 Å². The number of rotatable bonds is 3. The van der Waals surface area contributed by atoms with Gasteiger partial charge in [-0.15, -0.1) is 0 Å². The van der Waals surface area contributed by atoms with E-state index in [0.717, 1.165) is 25.5 Å². The third-order valence-corrected chi connectivity index (χ3v) is 3.57. The van der Waals surface area contributed by atoms with Crippen molar-refractivity contribution >= 4 is 0 Å². The maximum absolute atomic E-state index is 13.8. The first kappa shape index (κ1) is 12.5. The molecule has 0 amide bonds. The Morgan fingerprint density at radius 3 is 2.82 bits per heavy atom. The number of nitrogens with two attached hydrogens (primary N) is 1. The van der Waals surface area contributed by atoms with Gasteiger partial charge in [-0.1, -0.05) is 12.1 Å². The first-order valence-electron chi connectivity index (χ1n) is 6.05. The molecule has 2 nitrogen and oxygen atoms in total. The fourth-order valence-corrected chi connectivity index (χ4v) is 2.64. The van der Waals surface area contributed by atoms with E-state index in [9.17, 15) is 8.78 Å². The Bertz CT molecular complexity index is 395. The van der Waals surface area contributed by atoms with Crippen LogP contribution in [0.1, 0.15) is 31.4 Å². The zero-order valence-electron chi connectivity index (χ0n) is 10.00. The lowest BCUT2D eigenvalue weighted by atomic mass is 10.0. The Hall–Kier alpha value is -1.00. The van der Waals surface area contributed by atoms with Gasteiger partial charge in [0, 0.05) is 18.2 Å². The number of hydrogen-bond donors (Lipinski definition) is 1. The molecule has 2 rings (SSSR count). The van der Waals surface area contributed by atoms with Gasteiger partial charge >= 0.3 is 0 Å². The molecule has 94 valence electrons. The molecule has 2 unspecified atom stereocenters. The second kappa shape index (κ2) is 5.10. The van der Waals surface area contributed by atoms with Crippen LogP contribution in [0.2, 0.25) is 0 Å². The van der Waals surface area contributed by atoms with Crippen LogP contribution in [0, 0.1) is 11.6 Å². The summed E-state index contributed by atoms with van der Waals surface area (Å²) in [6, 6.07) is 4.47. The zero-order chi connectivity index (χ0) is 12.4. The van der Waals surface area contributed by atoms with Crippen molar-refractivity contribution in [1.29, 1.82) is 0 Å². The minimum Gasteiger partial charge on any atom is -0.329 e. The third kappa shape index (κ3) is 2.33. The number of nitrogens with zero attached hydrogens (tertiary/aromatic N) is 1. The van der Waals surface area contributed by atoms with Gasteiger partial charge in [-0.05, 0) is 32.4 Å². The van der Waals surface area contributed by atoms with Crippen molar-refractivity contribution in [2.75, 3.05) is 13.1 Å². The van der Waals surface area contributed by atoms with Gasteiger partial charge in [0.1, 0.15) is 0 Å². The highest BCUT2D eigenvalue weighted by Gasteiger charge is 2.30. The first-order chi connectivity index (χ1) is 8.15. The van der Waals surface area contributed by atoms with Crippen LogP contribution >= 0.6 is 0 Å². The second-order valence-electron chi connectivity index (χ2n) is 4.62. The maximum Gasteiger partial charge on any atom is 0.163 e. The molecule has 1 aromatic rings. The lowest BCUT2D eigenvalue weighted by molar-refractivity contribution is 0.191. The molecule has 2 N–H and O–H groups in total. The first-order valence-corrected chi connectivity index (χ1v) is 6.05. The van der Waals surface area contributed by atoms with Crippen LogP contribution < -0.4 is 5.73 Å². The van der Waals surface area contributed by atoms with Gasteiger partial charge in [-0.25, -0.2) is 8.78 Å². The van der Waals surface area contributed by atoms with Gasteiger partial charge in [0.25, 0.3) is 0 Å². The smallest absolute Gasteiger partial charge is 0.163 e. The van der Waals surface area contributed by atoms with Crippen LogP contribution in [0.4, 0.5) is 8.78 Å². The largest absolute Gasteiger partial charge is 0.329 e. The molecule has 1 aliphatic rings.